The summed E-state index contributed by atoms with van der Waals surface area (Å²) in [6, 6.07) is 7.74. The molecule has 1 heterocycles. The molecular formula is C15H8BrCl2FN2O. The Hall–Kier alpha value is -1.43. The fourth-order valence-corrected chi connectivity index (χ4v) is 3.07. The molecule has 1 aliphatic heterocycles. The molecule has 7 heteroatoms. The number of benzodiazepines with no additional fused rings is 1. The number of hydrogen-bond donors (Lipinski definition) is 1. The number of anilines is 1. The number of amides is 1. The normalized spacial score (nSPS) is 14.0. The standard InChI is InChI=1S/C15H8BrCl2FN2O/c16-7-4-5-10-13(14(7)18)15(20-6-11(22)21-10)12-8(17)2-1-3-9(12)19/h1-5H,6H2,(H,21,22). The van der Waals surface area contributed by atoms with Crippen molar-refractivity contribution in [3.8, 4) is 0 Å². The Bertz CT molecular complexity index is 803. The summed E-state index contributed by atoms with van der Waals surface area (Å²) in [7, 11) is 0. The second-order valence-electron chi connectivity index (χ2n) is 4.59. The first-order valence-electron chi connectivity index (χ1n) is 6.26. The van der Waals surface area contributed by atoms with Crippen LogP contribution in [0.15, 0.2) is 39.8 Å². The van der Waals surface area contributed by atoms with E-state index in [0.717, 1.165) is 0 Å². The van der Waals surface area contributed by atoms with Crippen LogP contribution in [0.4, 0.5) is 10.1 Å². The molecule has 3 rings (SSSR count). The van der Waals surface area contributed by atoms with Crippen molar-refractivity contribution in [3.05, 3.63) is 61.8 Å². The van der Waals surface area contributed by atoms with Crippen LogP contribution >= 0.6 is 39.1 Å². The summed E-state index contributed by atoms with van der Waals surface area (Å²) in [4.78, 5) is 16.0. The van der Waals surface area contributed by atoms with Crippen molar-refractivity contribution in [2.24, 2.45) is 4.99 Å². The van der Waals surface area contributed by atoms with E-state index in [1.165, 1.54) is 12.1 Å². The summed E-state index contributed by atoms with van der Waals surface area (Å²) in [5, 5.41) is 3.24. The molecule has 1 amide bonds. The first-order valence-corrected chi connectivity index (χ1v) is 7.81. The van der Waals surface area contributed by atoms with E-state index in [1.807, 2.05) is 0 Å². The third-order valence-electron chi connectivity index (χ3n) is 3.19. The minimum absolute atomic E-state index is 0.127. The zero-order chi connectivity index (χ0) is 15.9. The monoisotopic (exact) mass is 400 g/mol. The van der Waals surface area contributed by atoms with Crippen molar-refractivity contribution in [3.63, 3.8) is 0 Å². The minimum atomic E-state index is -0.525. The van der Waals surface area contributed by atoms with Crippen molar-refractivity contribution >= 4 is 56.4 Å². The van der Waals surface area contributed by atoms with E-state index in [-0.39, 0.29) is 28.7 Å². The number of rotatable bonds is 1. The molecule has 0 spiro atoms. The van der Waals surface area contributed by atoms with Crippen LogP contribution in [0.25, 0.3) is 0 Å². The molecule has 0 fully saturated rings. The highest BCUT2D eigenvalue weighted by Crippen LogP contribution is 2.36. The molecule has 0 saturated heterocycles. The quantitative estimate of drug-likeness (QED) is 0.740. The molecule has 0 unspecified atom stereocenters. The first kappa shape index (κ1) is 15.5. The van der Waals surface area contributed by atoms with Gasteiger partial charge in [-0.15, -0.1) is 0 Å². The van der Waals surface area contributed by atoms with Gasteiger partial charge >= 0.3 is 0 Å². The minimum Gasteiger partial charge on any atom is -0.324 e. The Balaban J connectivity index is 2.34. The number of aliphatic imine (C=N–C) groups is 1. The lowest BCUT2D eigenvalue weighted by Gasteiger charge is -2.14. The first-order chi connectivity index (χ1) is 10.5. The number of halogens is 4. The smallest absolute Gasteiger partial charge is 0.246 e. The van der Waals surface area contributed by atoms with Gasteiger partial charge in [0.1, 0.15) is 12.4 Å². The van der Waals surface area contributed by atoms with Crippen LogP contribution in [-0.2, 0) is 4.79 Å². The average Bonchev–Trinajstić information content (AvgIpc) is 2.63. The molecule has 2 aromatic rings. The van der Waals surface area contributed by atoms with Gasteiger partial charge in [0.2, 0.25) is 5.91 Å². The number of carbonyl (C=O) groups excluding carboxylic acids is 1. The zero-order valence-corrected chi connectivity index (χ0v) is 14.1. The Morgan fingerprint density at radius 3 is 2.68 bits per heavy atom. The molecule has 2 aromatic carbocycles. The van der Waals surface area contributed by atoms with Gasteiger partial charge in [-0.2, -0.15) is 0 Å². The molecule has 3 nitrogen and oxygen atoms in total. The van der Waals surface area contributed by atoms with Gasteiger partial charge in [0.05, 0.1) is 27.0 Å². The maximum Gasteiger partial charge on any atom is 0.246 e. The highest BCUT2D eigenvalue weighted by molar-refractivity contribution is 9.10. The molecule has 0 aliphatic carbocycles. The summed E-state index contributed by atoms with van der Waals surface area (Å²) >= 11 is 15.8. The summed E-state index contributed by atoms with van der Waals surface area (Å²) < 4.78 is 14.9. The largest absolute Gasteiger partial charge is 0.324 e. The molecule has 0 atom stereocenters. The SMILES string of the molecule is O=C1CN=C(c2c(F)cccc2Cl)c2c(ccc(Br)c2Cl)N1. The molecule has 0 bridgehead atoms. The topological polar surface area (TPSA) is 41.5 Å². The summed E-state index contributed by atoms with van der Waals surface area (Å²) in [5.74, 6) is -0.829. The van der Waals surface area contributed by atoms with Crippen LogP contribution in [0.5, 0.6) is 0 Å². The molecule has 0 aromatic heterocycles. The lowest BCUT2D eigenvalue weighted by atomic mass is 10.00. The lowest BCUT2D eigenvalue weighted by Crippen LogP contribution is -2.13. The van der Waals surface area contributed by atoms with Crippen LogP contribution in [0, 0.1) is 5.82 Å². The maximum absolute atomic E-state index is 14.3. The number of nitrogens with one attached hydrogen (secondary N) is 1. The third-order valence-corrected chi connectivity index (χ3v) is 4.78. The third kappa shape index (κ3) is 2.64. The molecule has 1 aliphatic rings. The van der Waals surface area contributed by atoms with Crippen LogP contribution in [0.1, 0.15) is 11.1 Å². The average molecular weight is 402 g/mol. The molecule has 0 saturated carbocycles. The highest BCUT2D eigenvalue weighted by atomic mass is 79.9. The van der Waals surface area contributed by atoms with Crippen molar-refractivity contribution in [1.82, 2.24) is 0 Å². The summed E-state index contributed by atoms with van der Waals surface area (Å²) in [6.07, 6.45) is 0. The second-order valence-corrected chi connectivity index (χ2v) is 6.23. The van der Waals surface area contributed by atoms with E-state index in [2.05, 4.69) is 26.2 Å². The van der Waals surface area contributed by atoms with Crippen LogP contribution in [0.3, 0.4) is 0 Å². The Morgan fingerprint density at radius 2 is 1.95 bits per heavy atom. The molecule has 112 valence electrons. The molecule has 1 N–H and O–H groups in total. The van der Waals surface area contributed by atoms with Gasteiger partial charge in [-0.1, -0.05) is 29.3 Å². The number of nitrogens with zero attached hydrogens (tertiary/aromatic N) is 1. The Morgan fingerprint density at radius 1 is 1.18 bits per heavy atom. The number of fused-ring (bicyclic) bond motifs is 1. The van der Waals surface area contributed by atoms with Gasteiger partial charge in [0.25, 0.3) is 0 Å². The number of carbonyl (C=O) groups is 1. The van der Waals surface area contributed by atoms with Crippen LogP contribution in [0.2, 0.25) is 10.0 Å². The van der Waals surface area contributed by atoms with E-state index < -0.39 is 5.82 Å². The van der Waals surface area contributed by atoms with Crippen LogP contribution < -0.4 is 5.32 Å². The van der Waals surface area contributed by atoms with Gasteiger partial charge < -0.3 is 5.32 Å². The summed E-state index contributed by atoms with van der Waals surface area (Å²) in [5.41, 5.74) is 1.28. The predicted molar refractivity (Wildman–Crippen MR) is 89.7 cm³/mol. The fourth-order valence-electron chi connectivity index (χ4n) is 2.23. The zero-order valence-electron chi connectivity index (χ0n) is 11.0. The van der Waals surface area contributed by atoms with Gasteiger partial charge in [0.15, 0.2) is 0 Å². The van der Waals surface area contributed by atoms with Gasteiger partial charge in [-0.25, -0.2) is 4.39 Å². The predicted octanol–water partition coefficient (Wildman–Crippen LogP) is 4.68. The van der Waals surface area contributed by atoms with E-state index in [0.29, 0.717) is 20.7 Å². The van der Waals surface area contributed by atoms with E-state index in [9.17, 15) is 9.18 Å². The Labute approximate surface area is 144 Å². The summed E-state index contributed by atoms with van der Waals surface area (Å²) in [6.45, 7) is -0.136. The maximum atomic E-state index is 14.3. The van der Waals surface area contributed by atoms with Crippen molar-refractivity contribution in [2.45, 2.75) is 0 Å². The van der Waals surface area contributed by atoms with E-state index >= 15 is 0 Å². The molecular weight excluding hydrogens is 394 g/mol. The molecule has 22 heavy (non-hydrogen) atoms. The van der Waals surface area contributed by atoms with E-state index in [1.54, 1.807) is 18.2 Å². The second kappa shape index (κ2) is 5.99. The number of hydrogen-bond acceptors (Lipinski definition) is 2. The Kier molecular flexibility index (Phi) is 4.21. The highest BCUT2D eigenvalue weighted by Gasteiger charge is 2.25. The van der Waals surface area contributed by atoms with Gasteiger partial charge in [-0.05, 0) is 40.2 Å². The van der Waals surface area contributed by atoms with Gasteiger partial charge in [-0.3, -0.25) is 9.79 Å². The lowest BCUT2D eigenvalue weighted by molar-refractivity contribution is -0.114. The van der Waals surface area contributed by atoms with Crippen molar-refractivity contribution < 1.29 is 9.18 Å². The van der Waals surface area contributed by atoms with E-state index in [4.69, 9.17) is 23.2 Å². The number of benzene rings is 2. The fraction of sp³-hybridized carbons (Fsp3) is 0.0667. The van der Waals surface area contributed by atoms with Crippen molar-refractivity contribution in [1.29, 1.82) is 0 Å². The van der Waals surface area contributed by atoms with Gasteiger partial charge in [0, 0.05) is 10.0 Å². The van der Waals surface area contributed by atoms with Crippen LogP contribution in [-0.4, -0.2) is 18.2 Å². The van der Waals surface area contributed by atoms with Crippen molar-refractivity contribution in [2.75, 3.05) is 11.9 Å². The molecule has 0 radical (unpaired) electrons.